The highest BCUT2D eigenvalue weighted by molar-refractivity contribution is 6.01. The zero-order valence-corrected chi connectivity index (χ0v) is 15.4. The lowest BCUT2D eigenvalue weighted by molar-refractivity contribution is 0.273. The van der Waals surface area contributed by atoms with E-state index < -0.39 is 5.82 Å². The zero-order valence-electron chi connectivity index (χ0n) is 15.4. The fraction of sp³-hybridized carbons (Fsp3) is 0.238. The lowest BCUT2D eigenvalue weighted by Crippen LogP contribution is -2.24. The summed E-state index contributed by atoms with van der Waals surface area (Å²) in [4.78, 5) is 4.37. The van der Waals surface area contributed by atoms with Gasteiger partial charge in [0.15, 0.2) is 5.69 Å². The molecule has 0 aliphatic carbocycles. The molecule has 144 valence electrons. The Kier molecular flexibility index (Phi) is 6.37. The van der Waals surface area contributed by atoms with Crippen molar-refractivity contribution in [3.8, 4) is 28.8 Å². The molecule has 28 heavy (non-hydrogen) atoms. The number of aliphatic hydroxyl groups excluding tert-OH is 1. The Balaban J connectivity index is 2.12. The fourth-order valence-corrected chi connectivity index (χ4v) is 2.94. The van der Waals surface area contributed by atoms with Crippen LogP contribution in [0.2, 0.25) is 0 Å². The first kappa shape index (κ1) is 19.5. The van der Waals surface area contributed by atoms with Gasteiger partial charge in [-0.3, -0.25) is 0 Å². The van der Waals surface area contributed by atoms with Crippen molar-refractivity contribution < 1.29 is 19.0 Å². The number of aromatic nitrogens is 1. The summed E-state index contributed by atoms with van der Waals surface area (Å²) < 4.78 is 24.9. The maximum atomic E-state index is 13.8. The minimum Gasteiger partial charge on any atom is -0.497 e. The van der Waals surface area contributed by atoms with Crippen LogP contribution in [-0.2, 0) is 0 Å². The first-order valence-corrected chi connectivity index (χ1v) is 8.80. The van der Waals surface area contributed by atoms with Crippen LogP contribution < -0.4 is 14.8 Å². The van der Waals surface area contributed by atoms with Crippen molar-refractivity contribution in [1.82, 2.24) is 10.3 Å². The van der Waals surface area contributed by atoms with Gasteiger partial charge in [0.1, 0.15) is 24.2 Å². The number of nitrogens with one attached hydrogen (secondary N) is 1. The third-order valence-electron chi connectivity index (χ3n) is 4.20. The number of rotatable bonds is 8. The topological polar surface area (TPSA) is 87.4 Å². The largest absolute Gasteiger partial charge is 0.497 e. The van der Waals surface area contributed by atoms with Crippen molar-refractivity contribution in [2.24, 2.45) is 0 Å². The van der Waals surface area contributed by atoms with Crippen LogP contribution >= 0.6 is 0 Å². The van der Waals surface area contributed by atoms with Crippen molar-refractivity contribution in [3.05, 3.63) is 54.0 Å². The molecular formula is C21H20FN3O3. The lowest BCUT2D eigenvalue weighted by Gasteiger charge is -2.15. The van der Waals surface area contributed by atoms with Crippen molar-refractivity contribution in [2.45, 2.75) is 0 Å². The molecule has 0 aliphatic rings. The lowest BCUT2D eigenvalue weighted by atomic mass is 9.97. The molecule has 2 aromatic carbocycles. The van der Waals surface area contributed by atoms with Crippen LogP contribution in [0.1, 0.15) is 5.69 Å². The molecule has 2 N–H and O–H groups in total. The summed E-state index contributed by atoms with van der Waals surface area (Å²) in [7, 11) is 1.56. The molecule has 0 saturated heterocycles. The molecule has 0 atom stereocenters. The predicted octanol–water partition coefficient (Wildman–Crippen LogP) is 2.88. The highest BCUT2D eigenvalue weighted by Crippen LogP contribution is 2.37. The van der Waals surface area contributed by atoms with Crippen molar-refractivity contribution in [1.29, 1.82) is 5.26 Å². The Labute approximate surface area is 162 Å². The third-order valence-corrected chi connectivity index (χ3v) is 4.20. The summed E-state index contributed by atoms with van der Waals surface area (Å²) in [5, 5.41) is 22.9. The quantitative estimate of drug-likeness (QED) is 0.584. The Morgan fingerprint density at radius 1 is 1.18 bits per heavy atom. The smallest absolute Gasteiger partial charge is 0.222 e. The molecular weight excluding hydrogens is 361 g/mol. The molecule has 0 unspecified atom stereocenters. The number of methoxy groups -OCH3 is 1. The van der Waals surface area contributed by atoms with Crippen molar-refractivity contribution in [2.75, 3.05) is 33.4 Å². The van der Waals surface area contributed by atoms with E-state index in [1.807, 2.05) is 6.07 Å². The highest BCUT2D eigenvalue weighted by Gasteiger charge is 2.17. The van der Waals surface area contributed by atoms with Crippen LogP contribution in [-0.4, -0.2) is 43.5 Å². The van der Waals surface area contributed by atoms with Crippen molar-refractivity contribution >= 4 is 10.8 Å². The molecule has 0 aliphatic heterocycles. The van der Waals surface area contributed by atoms with Crippen LogP contribution in [0.25, 0.3) is 21.9 Å². The van der Waals surface area contributed by atoms with Gasteiger partial charge in [0, 0.05) is 29.4 Å². The fourth-order valence-electron chi connectivity index (χ4n) is 2.94. The molecule has 1 heterocycles. The third kappa shape index (κ3) is 4.19. The second kappa shape index (κ2) is 9.13. The van der Waals surface area contributed by atoms with Crippen LogP contribution in [0, 0.1) is 17.1 Å². The normalized spacial score (nSPS) is 10.6. The van der Waals surface area contributed by atoms with Gasteiger partial charge < -0.3 is 19.9 Å². The van der Waals surface area contributed by atoms with E-state index in [0.29, 0.717) is 53.2 Å². The van der Waals surface area contributed by atoms with Crippen LogP contribution in [0.5, 0.6) is 11.6 Å². The monoisotopic (exact) mass is 381 g/mol. The van der Waals surface area contributed by atoms with E-state index in [-0.39, 0.29) is 12.3 Å². The molecule has 0 fully saturated rings. The molecule has 0 radical (unpaired) electrons. The van der Waals surface area contributed by atoms with Crippen LogP contribution in [0.15, 0.2) is 42.5 Å². The van der Waals surface area contributed by atoms with Gasteiger partial charge in [0.25, 0.3) is 0 Å². The van der Waals surface area contributed by atoms with Gasteiger partial charge in [-0.2, -0.15) is 5.26 Å². The van der Waals surface area contributed by atoms with E-state index in [4.69, 9.17) is 14.6 Å². The van der Waals surface area contributed by atoms with Gasteiger partial charge >= 0.3 is 0 Å². The maximum absolute atomic E-state index is 13.8. The average Bonchev–Trinajstić information content (AvgIpc) is 2.72. The van der Waals surface area contributed by atoms with Gasteiger partial charge in [0.05, 0.1) is 13.7 Å². The summed E-state index contributed by atoms with van der Waals surface area (Å²) in [6, 6.07) is 13.5. The number of nitriles is 1. The molecule has 7 heteroatoms. The Morgan fingerprint density at radius 3 is 2.75 bits per heavy atom. The standard InChI is InChI=1S/C21H20FN3O3/c1-27-16-5-6-17-18(12-16)20(14-3-2-4-15(22)11-14)19(13-23)25-21(17)28-10-8-24-7-9-26/h2-6,11-12,24,26H,7-10H2,1H3. The van der Waals surface area contributed by atoms with Gasteiger partial charge in [-0.1, -0.05) is 12.1 Å². The molecule has 0 bridgehead atoms. The number of pyridine rings is 1. The molecule has 3 rings (SSSR count). The minimum absolute atomic E-state index is 0.0435. The molecule has 0 saturated carbocycles. The molecule has 6 nitrogen and oxygen atoms in total. The Bertz CT molecular complexity index is 1020. The summed E-state index contributed by atoms with van der Waals surface area (Å²) in [5.74, 6) is 0.531. The Hall–Kier alpha value is -3.21. The van der Waals surface area contributed by atoms with Gasteiger partial charge in [-0.25, -0.2) is 9.37 Å². The number of fused-ring (bicyclic) bond motifs is 1. The summed E-state index contributed by atoms with van der Waals surface area (Å²) in [6.45, 7) is 1.35. The van der Waals surface area contributed by atoms with Gasteiger partial charge in [0.2, 0.25) is 5.88 Å². The second-order valence-electron chi connectivity index (χ2n) is 6.00. The van der Waals surface area contributed by atoms with Crippen molar-refractivity contribution in [3.63, 3.8) is 0 Å². The molecule has 0 spiro atoms. The molecule has 1 aromatic heterocycles. The van der Waals surface area contributed by atoms with E-state index in [9.17, 15) is 9.65 Å². The first-order valence-electron chi connectivity index (χ1n) is 8.80. The SMILES string of the molecule is COc1ccc2c(OCCNCCO)nc(C#N)c(-c3cccc(F)c3)c2c1. The van der Waals surface area contributed by atoms with Gasteiger partial charge in [-0.05, 0) is 35.9 Å². The predicted molar refractivity (Wildman–Crippen MR) is 104 cm³/mol. The summed E-state index contributed by atoms with van der Waals surface area (Å²) >= 11 is 0. The van der Waals surface area contributed by atoms with Gasteiger partial charge in [-0.15, -0.1) is 0 Å². The van der Waals surface area contributed by atoms with E-state index in [1.165, 1.54) is 12.1 Å². The average molecular weight is 381 g/mol. The van der Waals surface area contributed by atoms with E-state index >= 15 is 0 Å². The molecule has 3 aromatic rings. The Morgan fingerprint density at radius 2 is 2.04 bits per heavy atom. The number of nitrogens with zero attached hydrogens (tertiary/aromatic N) is 2. The molecule has 0 amide bonds. The maximum Gasteiger partial charge on any atom is 0.222 e. The van der Waals surface area contributed by atoms with E-state index in [0.717, 1.165) is 0 Å². The number of hydrogen-bond acceptors (Lipinski definition) is 6. The minimum atomic E-state index is -0.396. The summed E-state index contributed by atoms with van der Waals surface area (Å²) in [6.07, 6.45) is 0. The zero-order chi connectivity index (χ0) is 19.9. The number of aliphatic hydroxyl groups is 1. The number of hydrogen-bond donors (Lipinski definition) is 2. The second-order valence-corrected chi connectivity index (χ2v) is 6.00. The van der Waals surface area contributed by atoms with E-state index in [2.05, 4.69) is 16.4 Å². The number of ether oxygens (including phenoxy) is 2. The number of halogens is 1. The van der Waals surface area contributed by atoms with Crippen LogP contribution in [0.3, 0.4) is 0 Å². The highest BCUT2D eigenvalue weighted by atomic mass is 19.1. The van der Waals surface area contributed by atoms with Crippen LogP contribution in [0.4, 0.5) is 4.39 Å². The van der Waals surface area contributed by atoms with E-state index in [1.54, 1.807) is 31.4 Å². The first-order chi connectivity index (χ1) is 13.7. The number of benzene rings is 2. The summed E-state index contributed by atoms with van der Waals surface area (Å²) in [5.41, 5.74) is 1.23.